The van der Waals surface area contributed by atoms with Crippen molar-refractivity contribution in [1.82, 2.24) is 31.6 Å². The molecule has 0 aliphatic carbocycles. The molecule has 50 heteroatoms. The summed E-state index contributed by atoms with van der Waals surface area (Å²) in [5.74, 6) is -5.21. The van der Waals surface area contributed by atoms with Crippen LogP contribution in [0.3, 0.4) is 0 Å². The minimum Gasteiger partial charge on any atom is -0.542 e. The van der Waals surface area contributed by atoms with E-state index in [9.17, 15) is 65.1 Å². The molecule has 0 aromatic heterocycles. The molecule has 746 valence electrons. The van der Waals surface area contributed by atoms with Gasteiger partial charge in [-0.2, -0.15) is 21.6 Å². The van der Waals surface area contributed by atoms with Gasteiger partial charge in [0.1, 0.15) is 34.4 Å². The van der Waals surface area contributed by atoms with Crippen LogP contribution >= 0.6 is 162 Å². The average Bonchev–Trinajstić information content (AvgIpc) is 1.57. The van der Waals surface area contributed by atoms with E-state index in [0.717, 1.165) is 40.5 Å². The van der Waals surface area contributed by atoms with Crippen molar-refractivity contribution in [2.75, 3.05) is 39.1 Å². The number of benzene rings is 6. The molecule has 133 heavy (non-hydrogen) atoms. The summed E-state index contributed by atoms with van der Waals surface area (Å²) in [6, 6.07) is 54.8. The SMILES string of the molecule is C.CC(C)(C)OC(=O)N[C@@H](CN=[N+]=[N-])Cc1ccccc1.CC(C)(C)OC(=O)N[C@@H](CO)Cc1ccccc1.CC(C)(C)OC(=O)N[C@@H](COS(C)(=O)=O)Cc1ccccc1.CC(C)(C)OC(=O)N[C@H](Cc1ccccc1)C(=O)O.I.II.II(I)I.I[I-]I.O=C([O-])C(F)(F)F.[N-]=[N+]=NC[C@@H](Cc1ccccc1)NC(=O)ON1C(=O)CCC1=O.[N-]=[N+]=NC[C@H]([NH3+])Cc1ccccc1. The third-order valence-electron chi connectivity index (χ3n) is 14.7. The number of aliphatic hydroxyl groups is 1. The summed E-state index contributed by atoms with van der Waals surface area (Å²) in [5, 5.41) is 51.0. The molecular formula is C83H116F3I10N16O20S-. The van der Waals surface area contributed by atoms with Gasteiger partial charge in [-0.3, -0.25) is 13.8 Å². The zero-order chi connectivity index (χ0) is 100. The van der Waals surface area contributed by atoms with Crippen LogP contribution in [-0.2, 0) is 95.8 Å². The van der Waals surface area contributed by atoms with E-state index in [1.165, 1.54) is 5.56 Å². The monoisotopic (exact) mass is 3010 g/mol. The van der Waals surface area contributed by atoms with Crippen LogP contribution in [-0.4, -0.2) is 182 Å². The number of ether oxygens (including phenoxy) is 4. The van der Waals surface area contributed by atoms with E-state index in [-0.39, 0.29) is 103 Å². The van der Waals surface area contributed by atoms with E-state index in [2.05, 4.69) is 193 Å². The van der Waals surface area contributed by atoms with E-state index < -0.39 is 111 Å². The molecule has 1 aliphatic heterocycles. The van der Waals surface area contributed by atoms with Gasteiger partial charge >= 0.3 is 157 Å². The van der Waals surface area contributed by atoms with E-state index >= 15 is 0 Å². The number of amides is 7. The Morgan fingerprint density at radius 2 is 0.737 bits per heavy atom. The number of rotatable bonds is 29. The zero-order valence-corrected chi connectivity index (χ0v) is 96.8. The van der Waals surface area contributed by atoms with Crippen LogP contribution in [0.2, 0.25) is 0 Å². The Kier molecular flexibility index (Phi) is 79.2. The van der Waals surface area contributed by atoms with Crippen LogP contribution in [0, 0.1) is 0 Å². The van der Waals surface area contributed by atoms with Gasteiger partial charge in [-0.25, -0.2) is 28.8 Å². The number of alkyl carbamates (subject to hydrolysis) is 4. The van der Waals surface area contributed by atoms with Gasteiger partial charge in [-0.1, -0.05) is 205 Å². The van der Waals surface area contributed by atoms with Crippen LogP contribution < -0.4 is 50.7 Å². The molecule has 0 saturated carbocycles. The molecule has 1 heterocycles. The van der Waals surface area contributed by atoms with Crippen LogP contribution in [0.1, 0.15) is 137 Å². The van der Waals surface area contributed by atoms with E-state index in [1.807, 2.05) is 182 Å². The van der Waals surface area contributed by atoms with Crippen LogP contribution in [0.15, 0.2) is 197 Å². The number of aliphatic carboxylic acids is 2. The molecule has 0 bridgehead atoms. The van der Waals surface area contributed by atoms with Crippen molar-refractivity contribution >= 4 is 227 Å². The number of carbonyl (C=O) groups is 9. The quantitative estimate of drug-likeness (QED) is 0.00411. The predicted octanol–water partition coefficient (Wildman–Crippen LogP) is 17.3. The fourth-order valence-corrected chi connectivity index (χ4v) is 10.1. The average molecular weight is 3020 g/mol. The molecule has 7 amide bonds. The number of carboxylic acids is 2. The van der Waals surface area contributed by atoms with Crippen LogP contribution in [0.25, 0.3) is 31.3 Å². The number of alkyl halides is 3. The van der Waals surface area contributed by atoms with Gasteiger partial charge in [0, 0.05) is 103 Å². The fraction of sp³-hybridized carbons (Fsp3) is 0.458. The van der Waals surface area contributed by atoms with Crippen molar-refractivity contribution in [3.8, 4) is 0 Å². The summed E-state index contributed by atoms with van der Waals surface area (Å²) in [4.78, 5) is 114. The van der Waals surface area contributed by atoms with Crippen molar-refractivity contribution in [2.24, 2.45) is 15.3 Å². The van der Waals surface area contributed by atoms with Gasteiger partial charge in [0.2, 0.25) is 0 Å². The first kappa shape index (κ1) is 136. The van der Waals surface area contributed by atoms with Crippen molar-refractivity contribution in [2.45, 2.75) is 207 Å². The van der Waals surface area contributed by atoms with Gasteiger partial charge in [-0.05, 0) is 159 Å². The van der Waals surface area contributed by atoms with Crippen molar-refractivity contribution in [3.63, 3.8) is 0 Å². The van der Waals surface area contributed by atoms with Crippen molar-refractivity contribution < 1.29 is 127 Å². The maximum atomic E-state index is 11.8. The standard InChI is InChI=1S/C15H23NO5S.C14H15N5O4.C14H20N4O2.C14H19NO4.C14H21NO3.C9H12N4.C2HF3O2.CH4.I4.I3.I2.HI/c1-15(2,3)21-14(17)16-13(11-20-22(4,18)19)10-12-8-6-5-7-9-12;15-18-16-9-11(8-10-4-2-1-3-5-10)17-14(22)23-19-12(20)6-7-13(19)21;1-14(2,3)20-13(19)17-12(10-16-18-15)9-11-7-5-4-6-8-11;1-14(2,3)19-13(18)15-11(12(16)17)9-10-7-5-4-6-8-10;1-14(2,3)18-13(17)15-12(10-16)9-11-7-5-4-6-8-11;10-9(7-12-13-11)6-8-4-2-1-3-5-8;3-2(4,5)1(6)7;;1-4(2)3;1-3-2;1-2;/h5-9,13H,10-11H2,1-4H3,(H,16,17);1-5,11H,6-9H2,(H,17,22);4-8,12H,9-10H2,1-3H3,(H,17,19);4-8,11H,9H2,1-3H3,(H,15,18)(H,16,17);4-8,12,16H,9-10H2,1-3H3,(H,15,17);1-5,9H,6-7,10H2;(H,6,7);1H4;;;;1H/q;;;;;;;;;-1;;/t13-;11-;12-;11-;12-;9-;;;;;;/m111111....../s1. The minimum atomic E-state index is -5.19. The number of imide groups is 1. The Morgan fingerprint density at radius 1 is 0.496 bits per heavy atom. The Morgan fingerprint density at radius 3 is 1.00 bits per heavy atom. The molecule has 0 radical (unpaired) electrons. The van der Waals surface area contributed by atoms with Gasteiger partial charge in [0.05, 0.1) is 44.1 Å². The zero-order valence-electron chi connectivity index (χ0n) is 74.3. The molecule has 36 nitrogen and oxygen atoms in total. The first-order valence-electron chi connectivity index (χ1n) is 38.7. The van der Waals surface area contributed by atoms with Crippen molar-refractivity contribution in [1.29, 1.82) is 0 Å². The Hall–Kier alpha value is -5.40. The van der Waals surface area contributed by atoms with E-state index in [0.29, 0.717) is 50.5 Å². The van der Waals surface area contributed by atoms with Crippen LogP contribution in [0.5, 0.6) is 0 Å². The number of quaternary nitrogens is 1. The maximum Gasteiger partial charge on any atom is 0.432 e. The summed E-state index contributed by atoms with van der Waals surface area (Å²) in [5.41, 5.74) is 32.6. The smallest absolute Gasteiger partial charge is 0.432 e. The van der Waals surface area contributed by atoms with E-state index in [4.69, 9.17) is 59.6 Å². The third kappa shape index (κ3) is 83.3. The van der Waals surface area contributed by atoms with E-state index in [1.54, 1.807) is 83.1 Å². The number of halogens is 13. The second kappa shape index (κ2) is 77.4. The summed E-state index contributed by atoms with van der Waals surface area (Å²) in [6.07, 6.45) is -4.36. The summed E-state index contributed by atoms with van der Waals surface area (Å²) < 4.78 is 79.2. The maximum absolute atomic E-state index is 11.8. The Balaban J connectivity index is -0.000000477. The Labute approximate surface area is 881 Å². The number of nitrogens with zero attached hydrogens (tertiary/aromatic N) is 10. The molecule has 7 rings (SSSR count). The normalized spacial score (nSPS) is 12.5. The first-order valence-corrected chi connectivity index (χ1v) is 78.3. The molecule has 1 fully saturated rings. The molecule has 1 aliphatic rings. The number of hydrogen-bond donors (Lipinski definition) is 8. The number of nitrogens with one attached hydrogen (secondary N) is 5. The topological polar surface area (TPSA) is 544 Å². The molecule has 6 aromatic rings. The number of azide groups is 3. The van der Waals surface area contributed by atoms with Gasteiger partial charge in [0.25, 0.3) is 21.9 Å². The molecule has 10 N–H and O–H groups in total. The Bertz CT molecular complexity index is 4530. The largest absolute Gasteiger partial charge is 0.542 e. The molecule has 6 atom stereocenters. The second-order valence-electron chi connectivity index (χ2n) is 30.8. The molecule has 1 saturated heterocycles. The molecular weight excluding hydrogens is 2900 g/mol. The fourth-order valence-electron chi connectivity index (χ4n) is 9.73. The van der Waals surface area contributed by atoms with Gasteiger partial charge < -0.3 is 76.2 Å². The van der Waals surface area contributed by atoms with Crippen LogP contribution in [0.4, 0.5) is 37.1 Å². The molecule has 0 spiro atoms. The summed E-state index contributed by atoms with van der Waals surface area (Å²) in [6.45, 7) is 21.6. The molecule has 0 unspecified atom stereocenters. The second-order valence-corrected chi connectivity index (χ2v) is 97.4. The van der Waals surface area contributed by atoms with Crippen molar-refractivity contribution in [3.05, 3.63) is 247 Å². The number of carboxylic acid groups (broad SMARTS) is 2. The first-order chi connectivity index (χ1) is 61.1. The summed E-state index contributed by atoms with van der Waals surface area (Å²) >= 11 is 17.0. The predicted molar refractivity (Wildman–Crippen MR) is 578 cm³/mol. The third-order valence-corrected chi connectivity index (χ3v) is 15.2. The minimum absolute atomic E-state index is 0. The number of aliphatic hydroxyl groups excluding tert-OH is 1. The van der Waals surface area contributed by atoms with Gasteiger partial charge in [-0.15, -0.1) is 29.0 Å². The summed E-state index contributed by atoms with van der Waals surface area (Å²) in [7, 11) is -3.93. The number of hydroxylamine groups is 2. The van der Waals surface area contributed by atoms with Gasteiger partial charge in [0.15, 0.2) is 0 Å². The number of hydrogen-bond acceptors (Lipinski definition) is 22. The number of carbonyl (C=O) groups excluding carboxylic acids is 8. The molecule has 6 aromatic carbocycles.